The van der Waals surface area contributed by atoms with Gasteiger partial charge in [-0.2, -0.15) is 15.2 Å². The van der Waals surface area contributed by atoms with Gasteiger partial charge in [0.2, 0.25) is 5.95 Å². The Kier molecular flexibility index (Phi) is 6.01. The fraction of sp³-hybridized carbons (Fsp3) is 0.136. The molecule has 2 aromatic carbocycles. The highest BCUT2D eigenvalue weighted by Gasteiger charge is 2.16. The molecule has 0 saturated carbocycles. The topological polar surface area (TPSA) is 149 Å². The highest BCUT2D eigenvalue weighted by Crippen LogP contribution is 2.20. The second-order valence-corrected chi connectivity index (χ2v) is 7.29. The first-order chi connectivity index (χ1) is 16.3. The third-order valence-corrected chi connectivity index (χ3v) is 4.94. The second kappa shape index (κ2) is 9.07. The van der Waals surface area contributed by atoms with Crippen LogP contribution in [0, 0.1) is 28.8 Å². The van der Waals surface area contributed by atoms with Crippen molar-refractivity contribution in [1.29, 1.82) is 5.26 Å². The molecule has 5 N–H and O–H groups in total. The molecule has 0 amide bonds. The molecule has 12 heteroatoms. The summed E-state index contributed by atoms with van der Waals surface area (Å²) in [7, 11) is 0. The monoisotopic (exact) mass is 466 g/mol. The SMILES string of the molecule is N#Cc1c(N)nc(N)nc1NCCCc1nc2ccc(F)cc2c(=O)n1-c1cc(F)cc(F)c1. The van der Waals surface area contributed by atoms with Crippen LogP contribution in [0.3, 0.4) is 0 Å². The summed E-state index contributed by atoms with van der Waals surface area (Å²) in [5.41, 5.74) is 10.8. The zero-order valence-corrected chi connectivity index (χ0v) is 17.5. The fourth-order valence-electron chi connectivity index (χ4n) is 3.49. The molecule has 0 atom stereocenters. The van der Waals surface area contributed by atoms with Gasteiger partial charge in [-0.1, -0.05) is 0 Å². The number of hydrogen-bond acceptors (Lipinski definition) is 8. The summed E-state index contributed by atoms with van der Waals surface area (Å²) in [5, 5.41) is 12.2. The minimum atomic E-state index is -0.878. The first-order valence-electron chi connectivity index (χ1n) is 10.0. The Bertz CT molecular complexity index is 1490. The quantitative estimate of drug-likeness (QED) is 0.367. The molecular formula is C22H17F3N8O. The largest absolute Gasteiger partial charge is 0.382 e. The number of nitriles is 1. The lowest BCUT2D eigenvalue weighted by molar-refractivity contribution is 0.580. The molecule has 0 aliphatic carbocycles. The lowest BCUT2D eigenvalue weighted by Gasteiger charge is -2.15. The predicted molar refractivity (Wildman–Crippen MR) is 120 cm³/mol. The van der Waals surface area contributed by atoms with E-state index in [1.54, 1.807) is 0 Å². The summed E-state index contributed by atoms with van der Waals surface area (Å²) in [4.78, 5) is 25.3. The van der Waals surface area contributed by atoms with E-state index in [-0.39, 0.29) is 58.5 Å². The molecule has 0 aliphatic heterocycles. The maximum absolute atomic E-state index is 13.9. The average Bonchev–Trinajstić information content (AvgIpc) is 2.76. The van der Waals surface area contributed by atoms with Crippen LogP contribution in [0.5, 0.6) is 0 Å². The molecule has 0 radical (unpaired) electrons. The zero-order valence-electron chi connectivity index (χ0n) is 17.5. The van der Waals surface area contributed by atoms with Gasteiger partial charge in [-0.25, -0.2) is 18.2 Å². The number of hydrogen-bond donors (Lipinski definition) is 3. The number of nitrogens with two attached hydrogens (primary N) is 2. The molecular weight excluding hydrogens is 449 g/mol. The third-order valence-electron chi connectivity index (χ3n) is 4.94. The number of aryl methyl sites for hydroxylation is 1. The van der Waals surface area contributed by atoms with Gasteiger partial charge in [-0.05, 0) is 36.8 Å². The summed E-state index contributed by atoms with van der Waals surface area (Å²) < 4.78 is 42.6. The van der Waals surface area contributed by atoms with Crippen molar-refractivity contribution in [2.24, 2.45) is 0 Å². The minimum absolute atomic E-state index is 0.0304. The van der Waals surface area contributed by atoms with E-state index >= 15 is 0 Å². The van der Waals surface area contributed by atoms with Crippen LogP contribution in [0.25, 0.3) is 16.6 Å². The van der Waals surface area contributed by atoms with Gasteiger partial charge >= 0.3 is 0 Å². The van der Waals surface area contributed by atoms with Gasteiger partial charge in [0.15, 0.2) is 5.82 Å². The number of rotatable bonds is 6. The van der Waals surface area contributed by atoms with Crippen LogP contribution in [-0.4, -0.2) is 26.1 Å². The summed E-state index contributed by atoms with van der Waals surface area (Å²) in [6.07, 6.45) is 0.553. The summed E-state index contributed by atoms with van der Waals surface area (Å²) in [5.74, 6) is -2.21. The highest BCUT2D eigenvalue weighted by atomic mass is 19.1. The number of nitrogens with one attached hydrogen (secondary N) is 1. The van der Waals surface area contributed by atoms with E-state index < -0.39 is 23.0 Å². The van der Waals surface area contributed by atoms with Gasteiger partial charge in [0.1, 0.15) is 40.7 Å². The lowest BCUT2D eigenvalue weighted by atomic mass is 10.2. The van der Waals surface area contributed by atoms with Crippen molar-refractivity contribution in [3.05, 3.63) is 75.6 Å². The Morgan fingerprint density at radius 2 is 1.74 bits per heavy atom. The van der Waals surface area contributed by atoms with E-state index in [4.69, 9.17) is 11.5 Å². The van der Waals surface area contributed by atoms with Crippen molar-refractivity contribution >= 4 is 28.5 Å². The van der Waals surface area contributed by atoms with Gasteiger partial charge in [0, 0.05) is 19.0 Å². The Labute approximate surface area is 190 Å². The van der Waals surface area contributed by atoms with E-state index in [1.807, 2.05) is 6.07 Å². The smallest absolute Gasteiger partial charge is 0.266 e. The van der Waals surface area contributed by atoms with Crippen LogP contribution >= 0.6 is 0 Å². The maximum atomic E-state index is 13.9. The summed E-state index contributed by atoms with van der Waals surface area (Å²) in [6, 6.07) is 8.10. The van der Waals surface area contributed by atoms with E-state index in [0.29, 0.717) is 12.5 Å². The molecule has 4 rings (SSSR count). The fourth-order valence-corrected chi connectivity index (χ4v) is 3.49. The van der Waals surface area contributed by atoms with Gasteiger partial charge in [-0.15, -0.1) is 0 Å². The second-order valence-electron chi connectivity index (χ2n) is 7.29. The molecule has 172 valence electrons. The van der Waals surface area contributed by atoms with Crippen LogP contribution in [0.4, 0.5) is 30.8 Å². The maximum Gasteiger partial charge on any atom is 0.266 e. The number of nitrogens with zero attached hydrogens (tertiary/aromatic N) is 5. The zero-order chi connectivity index (χ0) is 24.4. The molecule has 0 saturated heterocycles. The van der Waals surface area contributed by atoms with E-state index in [2.05, 4.69) is 20.3 Å². The van der Waals surface area contributed by atoms with Crippen molar-refractivity contribution in [3.63, 3.8) is 0 Å². The van der Waals surface area contributed by atoms with Crippen LogP contribution < -0.4 is 22.3 Å². The minimum Gasteiger partial charge on any atom is -0.382 e. The number of halogens is 3. The number of nitrogen functional groups attached to an aromatic ring is 2. The van der Waals surface area contributed by atoms with Crippen molar-refractivity contribution in [2.75, 3.05) is 23.3 Å². The van der Waals surface area contributed by atoms with E-state index in [1.165, 1.54) is 12.1 Å². The Balaban J connectivity index is 1.68. The van der Waals surface area contributed by atoms with Crippen LogP contribution in [0.2, 0.25) is 0 Å². The summed E-state index contributed by atoms with van der Waals surface area (Å²) in [6.45, 7) is 0.263. The Hall–Kier alpha value is -4.66. The summed E-state index contributed by atoms with van der Waals surface area (Å²) >= 11 is 0. The standard InChI is InChI=1S/C22H17F3N8O/c23-11-3-4-17-15(9-11)21(34)33(14-7-12(24)6-13(25)8-14)18(30-17)2-1-5-29-20-16(10-26)19(27)31-22(28)32-20/h3-4,6-9H,1-2,5H2,(H5,27,28,29,31,32). The first-order valence-corrected chi connectivity index (χ1v) is 10.0. The average molecular weight is 466 g/mol. The molecule has 2 heterocycles. The molecule has 9 nitrogen and oxygen atoms in total. The molecule has 0 fully saturated rings. The normalized spacial score (nSPS) is 10.9. The Morgan fingerprint density at radius 3 is 2.44 bits per heavy atom. The predicted octanol–water partition coefficient (Wildman–Crippen LogP) is 2.67. The van der Waals surface area contributed by atoms with Crippen molar-refractivity contribution in [3.8, 4) is 11.8 Å². The number of benzene rings is 2. The first kappa shape index (κ1) is 22.5. The Morgan fingerprint density at radius 1 is 1.00 bits per heavy atom. The van der Waals surface area contributed by atoms with Gasteiger partial charge in [0.05, 0.1) is 16.6 Å². The molecule has 4 aromatic rings. The number of anilines is 3. The van der Waals surface area contributed by atoms with Crippen LogP contribution in [0.15, 0.2) is 41.2 Å². The molecule has 0 bridgehead atoms. The van der Waals surface area contributed by atoms with Crippen LogP contribution in [-0.2, 0) is 6.42 Å². The molecule has 0 unspecified atom stereocenters. The highest BCUT2D eigenvalue weighted by molar-refractivity contribution is 5.78. The molecule has 34 heavy (non-hydrogen) atoms. The van der Waals surface area contributed by atoms with E-state index in [0.717, 1.165) is 22.8 Å². The number of fused-ring (bicyclic) bond motifs is 1. The number of aromatic nitrogens is 4. The van der Waals surface area contributed by atoms with Gasteiger partial charge in [0.25, 0.3) is 5.56 Å². The molecule has 0 spiro atoms. The molecule has 0 aliphatic rings. The lowest BCUT2D eigenvalue weighted by Crippen LogP contribution is -2.25. The van der Waals surface area contributed by atoms with Crippen molar-refractivity contribution < 1.29 is 13.2 Å². The van der Waals surface area contributed by atoms with Crippen molar-refractivity contribution in [1.82, 2.24) is 19.5 Å². The van der Waals surface area contributed by atoms with Gasteiger partial charge in [-0.3, -0.25) is 9.36 Å². The van der Waals surface area contributed by atoms with Gasteiger partial charge < -0.3 is 16.8 Å². The third kappa shape index (κ3) is 4.44. The van der Waals surface area contributed by atoms with Crippen LogP contribution in [0.1, 0.15) is 17.8 Å². The van der Waals surface area contributed by atoms with E-state index in [9.17, 15) is 23.2 Å². The van der Waals surface area contributed by atoms with Crippen molar-refractivity contribution in [2.45, 2.75) is 12.8 Å². The molecule has 2 aromatic heterocycles.